The number of alkyl halides is 3. The first-order valence-electron chi connectivity index (χ1n) is 10.7. The van der Waals surface area contributed by atoms with E-state index in [0.29, 0.717) is 18.5 Å². The van der Waals surface area contributed by atoms with E-state index in [0.717, 1.165) is 30.2 Å². The molecular formula is C23H26F3N3O4S. The van der Waals surface area contributed by atoms with Gasteiger partial charge in [-0.1, -0.05) is 24.3 Å². The van der Waals surface area contributed by atoms with Crippen molar-refractivity contribution >= 4 is 21.8 Å². The highest BCUT2D eigenvalue weighted by Crippen LogP contribution is 2.30. The number of amides is 2. The van der Waals surface area contributed by atoms with Crippen molar-refractivity contribution in [1.29, 1.82) is 0 Å². The molecular weight excluding hydrogens is 471 g/mol. The van der Waals surface area contributed by atoms with Crippen molar-refractivity contribution in [1.82, 2.24) is 14.9 Å². The Morgan fingerprint density at radius 1 is 0.971 bits per heavy atom. The van der Waals surface area contributed by atoms with Gasteiger partial charge in [-0.3, -0.25) is 9.59 Å². The Morgan fingerprint density at radius 3 is 2.06 bits per heavy atom. The molecule has 34 heavy (non-hydrogen) atoms. The maximum atomic E-state index is 13.1. The molecule has 7 nitrogen and oxygen atoms in total. The smallest absolute Gasteiger partial charge is 0.343 e. The molecule has 0 heterocycles. The molecule has 2 aromatic rings. The minimum atomic E-state index is -4.48. The minimum Gasteiger partial charge on any atom is -0.343 e. The van der Waals surface area contributed by atoms with Crippen LogP contribution in [0.15, 0.2) is 48.5 Å². The van der Waals surface area contributed by atoms with Gasteiger partial charge in [-0.05, 0) is 54.7 Å². The van der Waals surface area contributed by atoms with E-state index >= 15 is 0 Å². The predicted octanol–water partition coefficient (Wildman–Crippen LogP) is 2.88. The number of benzene rings is 2. The molecule has 0 unspecified atom stereocenters. The molecule has 0 bridgehead atoms. The van der Waals surface area contributed by atoms with Crippen molar-refractivity contribution in [3.63, 3.8) is 0 Å². The quantitative estimate of drug-likeness (QED) is 0.528. The van der Waals surface area contributed by atoms with E-state index in [1.165, 1.54) is 12.1 Å². The van der Waals surface area contributed by atoms with E-state index in [-0.39, 0.29) is 24.1 Å². The van der Waals surface area contributed by atoms with Gasteiger partial charge in [0.15, 0.2) is 0 Å². The van der Waals surface area contributed by atoms with E-state index in [1.807, 2.05) is 5.32 Å². The molecule has 1 aliphatic rings. The zero-order chi connectivity index (χ0) is 24.9. The topological polar surface area (TPSA) is 95.6 Å². The largest absolute Gasteiger partial charge is 0.405 e. The first kappa shape index (κ1) is 25.7. The maximum absolute atomic E-state index is 13.1. The molecule has 2 aromatic carbocycles. The van der Waals surface area contributed by atoms with E-state index in [2.05, 4.69) is 4.72 Å². The fourth-order valence-corrected chi connectivity index (χ4v) is 3.83. The normalized spacial score (nSPS) is 14.0. The molecule has 0 atom stereocenters. The molecule has 1 saturated carbocycles. The van der Waals surface area contributed by atoms with Gasteiger partial charge >= 0.3 is 6.18 Å². The number of hydrogen-bond acceptors (Lipinski definition) is 4. The van der Waals surface area contributed by atoms with Gasteiger partial charge in [0.2, 0.25) is 10.0 Å². The molecule has 0 aromatic heterocycles. The van der Waals surface area contributed by atoms with Crippen molar-refractivity contribution in [2.24, 2.45) is 0 Å². The van der Waals surface area contributed by atoms with Crippen LogP contribution in [0.5, 0.6) is 0 Å². The molecule has 1 fully saturated rings. The van der Waals surface area contributed by atoms with Crippen LogP contribution in [0.25, 0.3) is 0 Å². The molecule has 3 rings (SSSR count). The van der Waals surface area contributed by atoms with Crippen molar-refractivity contribution in [2.45, 2.75) is 38.0 Å². The second kappa shape index (κ2) is 10.6. The summed E-state index contributed by atoms with van der Waals surface area (Å²) in [5.41, 5.74) is 2.27. The molecule has 0 radical (unpaired) electrons. The molecule has 0 spiro atoms. The summed E-state index contributed by atoms with van der Waals surface area (Å²) in [5, 5.41) is 1.83. The van der Waals surface area contributed by atoms with Gasteiger partial charge in [0, 0.05) is 30.3 Å². The van der Waals surface area contributed by atoms with Gasteiger partial charge in [-0.15, -0.1) is 0 Å². The Labute approximate surface area is 196 Å². The molecule has 1 aliphatic carbocycles. The van der Waals surface area contributed by atoms with Crippen molar-refractivity contribution in [3.05, 3.63) is 70.8 Å². The van der Waals surface area contributed by atoms with Crippen LogP contribution in [-0.2, 0) is 23.0 Å². The lowest BCUT2D eigenvalue weighted by Crippen LogP contribution is -2.34. The zero-order valence-corrected chi connectivity index (χ0v) is 19.4. The van der Waals surface area contributed by atoms with Crippen LogP contribution in [0.3, 0.4) is 0 Å². The third kappa shape index (κ3) is 8.14. The van der Waals surface area contributed by atoms with Gasteiger partial charge < -0.3 is 10.2 Å². The lowest BCUT2D eigenvalue weighted by Gasteiger charge is -2.23. The highest BCUT2D eigenvalue weighted by atomic mass is 32.2. The van der Waals surface area contributed by atoms with Crippen LogP contribution in [0.2, 0.25) is 0 Å². The highest BCUT2D eigenvalue weighted by Gasteiger charge is 2.33. The Bertz CT molecular complexity index is 1110. The Kier molecular flexibility index (Phi) is 7.98. The monoisotopic (exact) mass is 497 g/mol. The van der Waals surface area contributed by atoms with Gasteiger partial charge in [-0.25, -0.2) is 13.1 Å². The molecule has 2 amide bonds. The average Bonchev–Trinajstić information content (AvgIpc) is 3.60. The first-order valence-corrected chi connectivity index (χ1v) is 12.6. The standard InChI is InChI=1S/C23H26F3N3O4S/c1-34(32,33)28-13-12-16-2-8-19(9-3-16)22(31)29(20-10-11-20)14-17-4-6-18(7-5-17)21(30)27-15-23(24,25)26/h2-9,20,28H,10-15H2,1H3,(H,27,30). The molecule has 184 valence electrons. The van der Waals surface area contributed by atoms with Crippen molar-refractivity contribution < 1.29 is 31.2 Å². The summed E-state index contributed by atoms with van der Waals surface area (Å²) in [4.78, 5) is 26.7. The number of sulfonamides is 1. The molecule has 2 N–H and O–H groups in total. The van der Waals surface area contributed by atoms with E-state index in [9.17, 15) is 31.2 Å². The van der Waals surface area contributed by atoms with Crippen LogP contribution in [0, 0.1) is 0 Å². The summed E-state index contributed by atoms with van der Waals surface area (Å²) in [6.07, 6.45) is -1.11. The van der Waals surface area contributed by atoms with E-state index < -0.39 is 28.7 Å². The fourth-order valence-electron chi connectivity index (χ4n) is 3.35. The Morgan fingerprint density at radius 2 is 1.53 bits per heavy atom. The van der Waals surface area contributed by atoms with Gasteiger partial charge in [0.05, 0.1) is 6.26 Å². The Hall–Kier alpha value is -2.92. The predicted molar refractivity (Wildman–Crippen MR) is 121 cm³/mol. The lowest BCUT2D eigenvalue weighted by atomic mass is 10.1. The van der Waals surface area contributed by atoms with Gasteiger partial charge in [0.1, 0.15) is 6.54 Å². The summed E-state index contributed by atoms with van der Waals surface area (Å²) in [6.45, 7) is -0.816. The molecule has 11 heteroatoms. The number of carbonyl (C=O) groups excluding carboxylic acids is 2. The van der Waals surface area contributed by atoms with E-state index in [4.69, 9.17) is 0 Å². The van der Waals surface area contributed by atoms with Crippen LogP contribution in [0.4, 0.5) is 13.2 Å². The lowest BCUT2D eigenvalue weighted by molar-refractivity contribution is -0.123. The van der Waals surface area contributed by atoms with Crippen molar-refractivity contribution in [3.8, 4) is 0 Å². The highest BCUT2D eigenvalue weighted by molar-refractivity contribution is 7.88. The summed E-state index contributed by atoms with van der Waals surface area (Å²) >= 11 is 0. The summed E-state index contributed by atoms with van der Waals surface area (Å²) in [5.74, 6) is -0.957. The first-order chi connectivity index (χ1) is 15.9. The van der Waals surface area contributed by atoms with Gasteiger partial charge in [0.25, 0.3) is 11.8 Å². The summed E-state index contributed by atoms with van der Waals surface area (Å²) < 4.78 is 61.6. The molecule has 0 saturated heterocycles. The summed E-state index contributed by atoms with van der Waals surface area (Å²) in [6, 6.07) is 13.2. The zero-order valence-electron chi connectivity index (χ0n) is 18.6. The number of hydrogen-bond donors (Lipinski definition) is 2. The number of nitrogens with one attached hydrogen (secondary N) is 2. The average molecular weight is 498 g/mol. The number of nitrogens with zero attached hydrogens (tertiary/aromatic N) is 1. The SMILES string of the molecule is CS(=O)(=O)NCCc1ccc(C(=O)N(Cc2ccc(C(=O)NCC(F)(F)F)cc2)C2CC2)cc1. The number of halogens is 3. The van der Waals surface area contributed by atoms with Crippen molar-refractivity contribution in [2.75, 3.05) is 19.3 Å². The number of rotatable bonds is 10. The van der Waals surface area contributed by atoms with E-state index in [1.54, 1.807) is 41.3 Å². The van der Waals surface area contributed by atoms with Crippen LogP contribution < -0.4 is 10.0 Å². The second-order valence-corrected chi connectivity index (χ2v) is 10.1. The third-order valence-electron chi connectivity index (χ3n) is 5.25. The van der Waals surface area contributed by atoms with Gasteiger partial charge in [-0.2, -0.15) is 13.2 Å². The summed E-state index contributed by atoms with van der Waals surface area (Å²) in [7, 11) is -3.25. The maximum Gasteiger partial charge on any atom is 0.405 e. The fraction of sp³-hybridized carbons (Fsp3) is 0.391. The second-order valence-electron chi connectivity index (χ2n) is 8.27. The van der Waals surface area contributed by atoms with Crippen LogP contribution >= 0.6 is 0 Å². The van der Waals surface area contributed by atoms with Crippen LogP contribution in [0.1, 0.15) is 44.7 Å². The molecule has 0 aliphatic heterocycles. The van der Waals surface area contributed by atoms with Crippen LogP contribution in [-0.4, -0.2) is 56.7 Å². The Balaban J connectivity index is 1.61. The third-order valence-corrected chi connectivity index (χ3v) is 5.97. The number of carbonyl (C=O) groups is 2. The minimum absolute atomic E-state index is 0.109.